The van der Waals surface area contributed by atoms with Gasteiger partial charge in [-0.25, -0.2) is 17.8 Å². The Morgan fingerprint density at radius 2 is 1.54 bits per heavy atom. The fourth-order valence-corrected chi connectivity index (χ4v) is 5.26. The van der Waals surface area contributed by atoms with Gasteiger partial charge in [-0.1, -0.05) is 45.0 Å². The van der Waals surface area contributed by atoms with Gasteiger partial charge in [0.05, 0.1) is 27.5 Å². The van der Waals surface area contributed by atoms with Gasteiger partial charge < -0.3 is 0 Å². The van der Waals surface area contributed by atoms with Crippen molar-refractivity contribution in [1.82, 2.24) is 13.9 Å². The first kappa shape index (κ1) is 24.8. The molecule has 0 spiro atoms. The van der Waals surface area contributed by atoms with Crippen LogP contribution >= 0.6 is 0 Å². The number of hydrogen-bond donors (Lipinski definition) is 0. The average molecular weight is 494 g/mol. The van der Waals surface area contributed by atoms with Crippen molar-refractivity contribution in [2.24, 2.45) is 0 Å². The van der Waals surface area contributed by atoms with E-state index in [1.807, 2.05) is 12.1 Å². The third-order valence-corrected chi connectivity index (χ3v) is 8.15. The van der Waals surface area contributed by atoms with Crippen molar-refractivity contribution in [3.63, 3.8) is 0 Å². The first-order valence-corrected chi connectivity index (χ1v) is 12.7. The minimum absolute atomic E-state index is 0.109. The van der Waals surface area contributed by atoms with Gasteiger partial charge in [-0.2, -0.15) is 4.31 Å². The number of rotatable bonds is 5. The lowest BCUT2D eigenvalue weighted by Crippen LogP contribution is -2.35. The molecule has 0 N–H and O–H groups in total. The zero-order valence-electron chi connectivity index (χ0n) is 20.4. The highest BCUT2D eigenvalue weighted by molar-refractivity contribution is 7.89. The monoisotopic (exact) mass is 493 g/mol. The smallest absolute Gasteiger partial charge is 0.266 e. The fourth-order valence-electron chi connectivity index (χ4n) is 3.93. The molecule has 0 aliphatic heterocycles. The molecule has 35 heavy (non-hydrogen) atoms. The van der Waals surface area contributed by atoms with Crippen LogP contribution in [-0.4, -0.2) is 29.3 Å². The third kappa shape index (κ3) is 4.63. The molecule has 0 fully saturated rings. The van der Waals surface area contributed by atoms with Gasteiger partial charge in [0.25, 0.3) is 5.56 Å². The Kier molecular flexibility index (Phi) is 6.38. The Morgan fingerprint density at radius 3 is 2.14 bits per heavy atom. The Bertz CT molecular complexity index is 1540. The minimum atomic E-state index is -3.90. The molecule has 6 nitrogen and oxygen atoms in total. The summed E-state index contributed by atoms with van der Waals surface area (Å²) < 4.78 is 43.2. The summed E-state index contributed by atoms with van der Waals surface area (Å²) in [4.78, 5) is 18.3. The molecule has 0 saturated heterocycles. The Labute approximate surface area is 204 Å². The SMILES string of the molecule is CC(c1nc2ccccc2c(=O)n1-c1ccc(F)cc1)N(C)S(=O)(=O)c1ccc(C(C)(C)C)cc1. The molecule has 0 saturated carbocycles. The summed E-state index contributed by atoms with van der Waals surface area (Å²) in [5, 5.41) is 0.385. The van der Waals surface area contributed by atoms with Crippen LogP contribution in [-0.2, 0) is 15.4 Å². The van der Waals surface area contributed by atoms with Crippen LogP contribution in [0, 0.1) is 5.82 Å². The molecule has 0 bridgehead atoms. The largest absolute Gasteiger partial charge is 0.268 e. The van der Waals surface area contributed by atoms with Crippen molar-refractivity contribution >= 4 is 20.9 Å². The van der Waals surface area contributed by atoms with Crippen molar-refractivity contribution in [2.45, 2.75) is 44.0 Å². The zero-order valence-corrected chi connectivity index (χ0v) is 21.2. The summed E-state index contributed by atoms with van der Waals surface area (Å²) in [6.07, 6.45) is 0. The van der Waals surface area contributed by atoms with E-state index >= 15 is 0 Å². The number of benzene rings is 3. The van der Waals surface area contributed by atoms with E-state index in [0.717, 1.165) is 5.56 Å². The third-order valence-electron chi connectivity index (χ3n) is 6.20. The highest BCUT2D eigenvalue weighted by atomic mass is 32.2. The topological polar surface area (TPSA) is 72.3 Å². The number of para-hydroxylation sites is 1. The Morgan fingerprint density at radius 1 is 0.943 bits per heavy atom. The van der Waals surface area contributed by atoms with E-state index in [4.69, 9.17) is 0 Å². The summed E-state index contributed by atoms with van der Waals surface area (Å²) in [6.45, 7) is 7.86. The van der Waals surface area contributed by atoms with E-state index in [1.54, 1.807) is 43.3 Å². The lowest BCUT2D eigenvalue weighted by atomic mass is 9.87. The van der Waals surface area contributed by atoms with Gasteiger partial charge in [0.15, 0.2) is 0 Å². The summed E-state index contributed by atoms with van der Waals surface area (Å²) in [6, 6.07) is 18.4. The van der Waals surface area contributed by atoms with E-state index < -0.39 is 21.9 Å². The summed E-state index contributed by atoms with van der Waals surface area (Å²) >= 11 is 0. The molecule has 4 aromatic rings. The molecule has 182 valence electrons. The number of fused-ring (bicyclic) bond motifs is 1. The summed E-state index contributed by atoms with van der Waals surface area (Å²) in [7, 11) is -2.44. The van der Waals surface area contributed by atoms with Crippen molar-refractivity contribution in [3.8, 4) is 5.69 Å². The van der Waals surface area contributed by atoms with Gasteiger partial charge >= 0.3 is 0 Å². The minimum Gasteiger partial charge on any atom is -0.268 e. The molecule has 1 unspecified atom stereocenters. The van der Waals surface area contributed by atoms with Gasteiger partial charge in [0.1, 0.15) is 11.6 Å². The second-order valence-corrected chi connectivity index (χ2v) is 11.6. The fraction of sp³-hybridized carbons (Fsp3) is 0.259. The molecule has 0 radical (unpaired) electrons. The molecule has 3 aromatic carbocycles. The summed E-state index contributed by atoms with van der Waals surface area (Å²) in [5.41, 5.74) is 1.41. The predicted molar refractivity (Wildman–Crippen MR) is 136 cm³/mol. The van der Waals surface area contributed by atoms with Crippen LogP contribution in [0.15, 0.2) is 82.5 Å². The molecule has 0 aliphatic rings. The van der Waals surface area contributed by atoms with E-state index in [-0.39, 0.29) is 21.7 Å². The maximum absolute atomic E-state index is 13.6. The number of nitrogens with zero attached hydrogens (tertiary/aromatic N) is 3. The van der Waals surface area contributed by atoms with Crippen molar-refractivity contribution in [3.05, 3.63) is 100 Å². The number of aromatic nitrogens is 2. The first-order valence-electron chi connectivity index (χ1n) is 11.3. The number of halogens is 1. The lowest BCUT2D eigenvalue weighted by molar-refractivity contribution is 0.379. The first-order chi connectivity index (χ1) is 16.4. The number of sulfonamides is 1. The highest BCUT2D eigenvalue weighted by Gasteiger charge is 2.30. The van der Waals surface area contributed by atoms with E-state index in [1.165, 1.54) is 40.2 Å². The van der Waals surface area contributed by atoms with Crippen LogP contribution in [0.2, 0.25) is 0 Å². The second-order valence-electron chi connectivity index (χ2n) is 9.58. The molecular weight excluding hydrogens is 465 g/mol. The van der Waals surface area contributed by atoms with Gasteiger partial charge in [-0.15, -0.1) is 0 Å². The van der Waals surface area contributed by atoms with Crippen LogP contribution < -0.4 is 5.56 Å². The van der Waals surface area contributed by atoms with E-state index in [9.17, 15) is 17.6 Å². The van der Waals surface area contributed by atoms with Crippen LogP contribution in [0.1, 0.15) is 45.1 Å². The predicted octanol–water partition coefficient (Wildman–Crippen LogP) is 5.20. The van der Waals surface area contributed by atoms with Crippen LogP contribution in [0.5, 0.6) is 0 Å². The molecular formula is C27H28FN3O3S. The summed E-state index contributed by atoms with van der Waals surface area (Å²) in [5.74, 6) is -0.207. The normalized spacial score (nSPS) is 13.3. The van der Waals surface area contributed by atoms with Gasteiger partial charge in [0.2, 0.25) is 10.0 Å². The van der Waals surface area contributed by atoms with Crippen LogP contribution in [0.3, 0.4) is 0 Å². The highest BCUT2D eigenvalue weighted by Crippen LogP contribution is 2.29. The quantitative estimate of drug-likeness (QED) is 0.383. The number of hydrogen-bond acceptors (Lipinski definition) is 4. The van der Waals surface area contributed by atoms with Gasteiger partial charge in [-0.05, 0) is 66.4 Å². The maximum atomic E-state index is 13.6. The van der Waals surface area contributed by atoms with Crippen molar-refractivity contribution in [2.75, 3.05) is 7.05 Å². The van der Waals surface area contributed by atoms with Crippen LogP contribution in [0.4, 0.5) is 4.39 Å². The molecule has 0 aliphatic carbocycles. The molecule has 0 amide bonds. The van der Waals surface area contributed by atoms with Gasteiger partial charge in [0, 0.05) is 7.05 Å². The molecule has 1 aromatic heterocycles. The Hall–Kier alpha value is -3.36. The second kappa shape index (κ2) is 9.02. The van der Waals surface area contributed by atoms with Crippen molar-refractivity contribution in [1.29, 1.82) is 0 Å². The zero-order chi connectivity index (χ0) is 25.5. The van der Waals surface area contributed by atoms with Crippen LogP contribution in [0.25, 0.3) is 16.6 Å². The average Bonchev–Trinajstić information content (AvgIpc) is 2.83. The molecule has 8 heteroatoms. The molecule has 1 heterocycles. The lowest BCUT2D eigenvalue weighted by Gasteiger charge is -2.27. The maximum Gasteiger partial charge on any atom is 0.266 e. The molecule has 4 rings (SSSR count). The Balaban J connectivity index is 1.84. The van der Waals surface area contributed by atoms with E-state index in [2.05, 4.69) is 25.8 Å². The van der Waals surface area contributed by atoms with Crippen molar-refractivity contribution < 1.29 is 12.8 Å². The standard InChI is InChI=1S/C27H28FN3O3S/c1-18(30(5)35(33,34)22-16-10-19(11-17-22)27(2,3)4)25-29-24-9-7-6-8-23(24)26(32)31(25)21-14-12-20(28)13-15-21/h6-18H,1-5H3. The van der Waals surface area contributed by atoms with Gasteiger partial charge in [-0.3, -0.25) is 9.36 Å². The molecule has 1 atom stereocenters. The van der Waals surface area contributed by atoms with E-state index in [0.29, 0.717) is 16.6 Å².